The third kappa shape index (κ3) is 2.22. The quantitative estimate of drug-likeness (QED) is 0.885. The molecule has 0 aromatic carbocycles. The number of hydrogen-bond donors (Lipinski definition) is 1. The molecule has 1 aromatic heterocycles. The molecule has 0 amide bonds. The summed E-state index contributed by atoms with van der Waals surface area (Å²) in [6.07, 6.45) is 6.12. The van der Waals surface area contributed by atoms with E-state index in [0.717, 1.165) is 25.5 Å². The molecular weight excluding hydrogens is 226 g/mol. The van der Waals surface area contributed by atoms with E-state index in [1.54, 1.807) is 0 Å². The minimum Gasteiger partial charge on any atom is -0.375 e. The molecule has 18 heavy (non-hydrogen) atoms. The van der Waals surface area contributed by atoms with E-state index in [4.69, 9.17) is 4.74 Å². The molecule has 2 aliphatic rings. The lowest BCUT2D eigenvalue weighted by atomic mass is 10.1. The summed E-state index contributed by atoms with van der Waals surface area (Å²) in [6, 6.07) is 4.80. The van der Waals surface area contributed by atoms with Gasteiger partial charge in [0.15, 0.2) is 0 Å². The highest BCUT2D eigenvalue weighted by Gasteiger charge is 2.35. The Hall–Kier alpha value is -1.13. The SMILES string of the molecule is CNc1ncccc1CN1CCOC2CCCC21. The van der Waals surface area contributed by atoms with Gasteiger partial charge >= 0.3 is 0 Å². The van der Waals surface area contributed by atoms with Crippen LogP contribution in [0, 0.1) is 0 Å². The van der Waals surface area contributed by atoms with E-state index < -0.39 is 0 Å². The summed E-state index contributed by atoms with van der Waals surface area (Å²) in [5.74, 6) is 0.999. The van der Waals surface area contributed by atoms with Gasteiger partial charge < -0.3 is 10.1 Å². The zero-order valence-corrected chi connectivity index (χ0v) is 10.9. The lowest BCUT2D eigenvalue weighted by Gasteiger charge is -2.37. The zero-order chi connectivity index (χ0) is 12.4. The molecule has 2 atom stereocenters. The van der Waals surface area contributed by atoms with E-state index in [9.17, 15) is 0 Å². The van der Waals surface area contributed by atoms with Crippen molar-refractivity contribution in [2.75, 3.05) is 25.5 Å². The van der Waals surface area contributed by atoms with Crippen LogP contribution in [-0.4, -0.2) is 42.2 Å². The van der Waals surface area contributed by atoms with Gasteiger partial charge in [-0.05, 0) is 25.3 Å². The normalized spacial score (nSPS) is 28.1. The molecular formula is C14H21N3O. The minimum absolute atomic E-state index is 0.466. The van der Waals surface area contributed by atoms with Gasteiger partial charge in [-0.2, -0.15) is 0 Å². The number of morpholine rings is 1. The van der Waals surface area contributed by atoms with Crippen molar-refractivity contribution in [3.05, 3.63) is 23.9 Å². The number of anilines is 1. The Balaban J connectivity index is 1.75. The van der Waals surface area contributed by atoms with Gasteiger partial charge in [-0.15, -0.1) is 0 Å². The number of nitrogens with one attached hydrogen (secondary N) is 1. The fraction of sp³-hybridized carbons (Fsp3) is 0.643. The Bertz CT molecular complexity index is 410. The van der Waals surface area contributed by atoms with Crippen LogP contribution in [0.4, 0.5) is 5.82 Å². The van der Waals surface area contributed by atoms with Gasteiger partial charge in [0.25, 0.3) is 0 Å². The molecule has 98 valence electrons. The van der Waals surface area contributed by atoms with Gasteiger partial charge in [0.2, 0.25) is 0 Å². The fourth-order valence-electron chi connectivity index (χ4n) is 3.21. The summed E-state index contributed by atoms with van der Waals surface area (Å²) in [7, 11) is 1.93. The highest BCUT2D eigenvalue weighted by Crippen LogP contribution is 2.31. The van der Waals surface area contributed by atoms with Crippen molar-refractivity contribution >= 4 is 5.82 Å². The second-order valence-corrected chi connectivity index (χ2v) is 5.14. The molecule has 1 saturated heterocycles. The van der Waals surface area contributed by atoms with Gasteiger partial charge in [-0.3, -0.25) is 4.90 Å². The molecule has 1 aromatic rings. The zero-order valence-electron chi connectivity index (χ0n) is 10.9. The molecule has 1 aliphatic heterocycles. The molecule has 4 nitrogen and oxygen atoms in total. The number of nitrogens with zero attached hydrogens (tertiary/aromatic N) is 2. The second-order valence-electron chi connectivity index (χ2n) is 5.14. The van der Waals surface area contributed by atoms with Gasteiger partial charge in [-0.1, -0.05) is 6.07 Å². The average molecular weight is 247 g/mol. The van der Waals surface area contributed by atoms with E-state index in [1.165, 1.54) is 24.8 Å². The molecule has 3 rings (SSSR count). The van der Waals surface area contributed by atoms with E-state index in [1.807, 2.05) is 19.3 Å². The molecule has 1 N–H and O–H groups in total. The first-order valence-corrected chi connectivity index (χ1v) is 6.86. The first-order chi connectivity index (χ1) is 8.88. The predicted octanol–water partition coefficient (Wildman–Crippen LogP) is 1.88. The van der Waals surface area contributed by atoms with Crippen LogP contribution in [-0.2, 0) is 11.3 Å². The number of rotatable bonds is 3. The summed E-state index contributed by atoms with van der Waals surface area (Å²) in [5.41, 5.74) is 1.28. The Labute approximate surface area is 108 Å². The molecule has 1 aliphatic carbocycles. The first-order valence-electron chi connectivity index (χ1n) is 6.86. The summed E-state index contributed by atoms with van der Waals surface area (Å²) in [4.78, 5) is 6.95. The molecule has 2 heterocycles. The number of fused-ring (bicyclic) bond motifs is 1. The summed E-state index contributed by atoms with van der Waals surface area (Å²) in [5, 5.41) is 3.18. The second kappa shape index (κ2) is 5.24. The maximum absolute atomic E-state index is 5.85. The molecule has 4 heteroatoms. The maximum Gasteiger partial charge on any atom is 0.130 e. The number of ether oxygens (including phenoxy) is 1. The third-order valence-electron chi connectivity index (χ3n) is 4.10. The molecule has 1 saturated carbocycles. The third-order valence-corrected chi connectivity index (χ3v) is 4.10. The van der Waals surface area contributed by atoms with Crippen molar-refractivity contribution in [3.8, 4) is 0 Å². The summed E-state index contributed by atoms with van der Waals surface area (Å²) < 4.78 is 5.85. The van der Waals surface area contributed by atoms with E-state index in [2.05, 4.69) is 21.3 Å². The van der Waals surface area contributed by atoms with E-state index >= 15 is 0 Å². The number of aromatic nitrogens is 1. The van der Waals surface area contributed by atoms with Crippen molar-refractivity contribution in [1.29, 1.82) is 0 Å². The first kappa shape index (κ1) is 11.9. The Kier molecular flexibility index (Phi) is 3.48. The van der Waals surface area contributed by atoms with Crippen molar-refractivity contribution in [2.24, 2.45) is 0 Å². The minimum atomic E-state index is 0.466. The molecule has 2 fully saturated rings. The highest BCUT2D eigenvalue weighted by molar-refractivity contribution is 5.42. The van der Waals surface area contributed by atoms with Crippen LogP contribution in [0.1, 0.15) is 24.8 Å². The molecule has 2 unspecified atom stereocenters. The van der Waals surface area contributed by atoms with Crippen LogP contribution in [0.3, 0.4) is 0 Å². The van der Waals surface area contributed by atoms with Crippen molar-refractivity contribution in [2.45, 2.75) is 38.0 Å². The fourth-order valence-corrected chi connectivity index (χ4v) is 3.21. The topological polar surface area (TPSA) is 37.4 Å². The van der Waals surface area contributed by atoms with Crippen LogP contribution in [0.25, 0.3) is 0 Å². The van der Waals surface area contributed by atoms with Crippen LogP contribution >= 0.6 is 0 Å². The van der Waals surface area contributed by atoms with Crippen LogP contribution in [0.15, 0.2) is 18.3 Å². The van der Waals surface area contributed by atoms with Gasteiger partial charge in [0.05, 0.1) is 12.7 Å². The highest BCUT2D eigenvalue weighted by atomic mass is 16.5. The van der Waals surface area contributed by atoms with Gasteiger partial charge in [0.1, 0.15) is 5.82 Å². The van der Waals surface area contributed by atoms with Crippen LogP contribution < -0.4 is 5.32 Å². The number of hydrogen-bond acceptors (Lipinski definition) is 4. The lowest BCUT2D eigenvalue weighted by Crippen LogP contribution is -2.47. The van der Waals surface area contributed by atoms with Crippen LogP contribution in [0.2, 0.25) is 0 Å². The maximum atomic E-state index is 5.85. The Morgan fingerprint density at radius 2 is 2.44 bits per heavy atom. The summed E-state index contributed by atoms with van der Waals surface area (Å²) in [6.45, 7) is 2.89. The van der Waals surface area contributed by atoms with Gasteiger partial charge in [-0.25, -0.2) is 4.98 Å². The standard InChI is InChI=1S/C14H21N3O/c1-15-14-11(4-3-7-16-14)10-17-8-9-18-13-6-2-5-12(13)17/h3-4,7,12-13H,2,5-6,8-10H2,1H3,(H,15,16). The van der Waals surface area contributed by atoms with Crippen molar-refractivity contribution < 1.29 is 4.74 Å². The summed E-state index contributed by atoms with van der Waals surface area (Å²) >= 11 is 0. The van der Waals surface area contributed by atoms with E-state index in [-0.39, 0.29) is 0 Å². The number of pyridine rings is 1. The monoisotopic (exact) mass is 247 g/mol. The van der Waals surface area contributed by atoms with E-state index in [0.29, 0.717) is 12.1 Å². The largest absolute Gasteiger partial charge is 0.375 e. The van der Waals surface area contributed by atoms with Gasteiger partial charge in [0, 0.05) is 37.9 Å². The lowest BCUT2D eigenvalue weighted by molar-refractivity contribution is -0.0587. The molecule has 0 bridgehead atoms. The average Bonchev–Trinajstić information content (AvgIpc) is 2.89. The smallest absolute Gasteiger partial charge is 0.130 e. The molecule has 0 spiro atoms. The Morgan fingerprint density at radius 3 is 3.33 bits per heavy atom. The van der Waals surface area contributed by atoms with Crippen molar-refractivity contribution in [1.82, 2.24) is 9.88 Å². The Morgan fingerprint density at radius 1 is 1.50 bits per heavy atom. The predicted molar refractivity (Wildman–Crippen MR) is 71.6 cm³/mol. The van der Waals surface area contributed by atoms with Crippen LogP contribution in [0.5, 0.6) is 0 Å². The molecule has 0 radical (unpaired) electrons. The van der Waals surface area contributed by atoms with Crippen molar-refractivity contribution in [3.63, 3.8) is 0 Å².